The molecular formula is C11H8Br2N2O2. The molecule has 88 valence electrons. The van der Waals surface area contributed by atoms with E-state index in [9.17, 15) is 4.79 Å². The molecule has 0 radical (unpaired) electrons. The van der Waals surface area contributed by atoms with E-state index < -0.39 is 0 Å². The number of rotatable bonds is 2. The third kappa shape index (κ3) is 2.95. The van der Waals surface area contributed by atoms with Crippen molar-refractivity contribution in [2.24, 2.45) is 0 Å². The lowest BCUT2D eigenvalue weighted by Gasteiger charge is -2.04. The number of carbonyl (C=O) groups excluding carboxylic acids is 1. The normalized spacial score (nSPS) is 10.3. The smallest absolute Gasteiger partial charge is 0.292 e. The van der Waals surface area contributed by atoms with Crippen LogP contribution >= 0.6 is 31.9 Å². The summed E-state index contributed by atoms with van der Waals surface area (Å²) in [6.45, 7) is 1.92. The number of halogens is 2. The second kappa shape index (κ2) is 5.01. The van der Waals surface area contributed by atoms with Crippen LogP contribution in [0.5, 0.6) is 0 Å². The van der Waals surface area contributed by atoms with Crippen molar-refractivity contribution in [2.45, 2.75) is 6.92 Å². The Morgan fingerprint density at radius 2 is 2.18 bits per heavy atom. The number of aryl methyl sites for hydroxylation is 1. The standard InChI is InChI=1S/C11H8Br2N2O2/c1-6-4-10(14-5-7(6)12)15-11(16)8-2-3-9(13)17-8/h2-5H,1H3,(H,14,15,16). The number of carbonyl (C=O) groups is 1. The minimum absolute atomic E-state index is 0.235. The van der Waals surface area contributed by atoms with Gasteiger partial charge in [-0.2, -0.15) is 0 Å². The van der Waals surface area contributed by atoms with Gasteiger partial charge in [0.1, 0.15) is 5.82 Å². The van der Waals surface area contributed by atoms with Crippen LogP contribution in [0.15, 0.2) is 38.0 Å². The maximum absolute atomic E-state index is 11.7. The van der Waals surface area contributed by atoms with Crippen molar-refractivity contribution in [3.05, 3.63) is 44.9 Å². The zero-order valence-electron chi connectivity index (χ0n) is 8.83. The molecule has 0 unspecified atom stereocenters. The fraction of sp³-hybridized carbons (Fsp3) is 0.0909. The average Bonchev–Trinajstić information content (AvgIpc) is 2.70. The molecule has 1 N–H and O–H groups in total. The summed E-state index contributed by atoms with van der Waals surface area (Å²) in [6.07, 6.45) is 1.64. The summed E-state index contributed by atoms with van der Waals surface area (Å²) in [5.41, 5.74) is 0.996. The molecule has 0 saturated heterocycles. The topological polar surface area (TPSA) is 55.1 Å². The average molecular weight is 360 g/mol. The molecule has 2 rings (SSSR count). The molecule has 17 heavy (non-hydrogen) atoms. The molecule has 0 aromatic carbocycles. The van der Waals surface area contributed by atoms with Crippen molar-refractivity contribution in [3.8, 4) is 0 Å². The van der Waals surface area contributed by atoms with Crippen molar-refractivity contribution >= 4 is 43.6 Å². The Morgan fingerprint density at radius 3 is 2.76 bits per heavy atom. The van der Waals surface area contributed by atoms with Crippen LogP contribution in [0.3, 0.4) is 0 Å². The van der Waals surface area contributed by atoms with Crippen LogP contribution in [-0.4, -0.2) is 10.9 Å². The number of nitrogens with one attached hydrogen (secondary N) is 1. The maximum Gasteiger partial charge on any atom is 0.292 e. The largest absolute Gasteiger partial charge is 0.444 e. The van der Waals surface area contributed by atoms with E-state index in [4.69, 9.17) is 4.42 Å². The summed E-state index contributed by atoms with van der Waals surface area (Å²) in [5, 5.41) is 2.65. The minimum atomic E-state index is -0.329. The summed E-state index contributed by atoms with van der Waals surface area (Å²) in [4.78, 5) is 15.8. The van der Waals surface area contributed by atoms with E-state index in [2.05, 4.69) is 42.2 Å². The molecule has 6 heteroatoms. The highest BCUT2D eigenvalue weighted by atomic mass is 79.9. The predicted octanol–water partition coefficient (Wildman–Crippen LogP) is 3.76. The van der Waals surface area contributed by atoms with Crippen LogP contribution < -0.4 is 5.32 Å². The highest BCUT2D eigenvalue weighted by molar-refractivity contribution is 9.10. The number of amides is 1. The van der Waals surface area contributed by atoms with Gasteiger partial charge in [-0.15, -0.1) is 0 Å². The number of anilines is 1. The number of pyridine rings is 1. The number of furan rings is 1. The van der Waals surface area contributed by atoms with Crippen LogP contribution in [-0.2, 0) is 0 Å². The fourth-order valence-corrected chi connectivity index (χ4v) is 1.75. The zero-order chi connectivity index (χ0) is 12.4. The second-order valence-electron chi connectivity index (χ2n) is 3.38. The maximum atomic E-state index is 11.7. The lowest BCUT2D eigenvalue weighted by atomic mass is 10.3. The molecule has 0 atom stereocenters. The quantitative estimate of drug-likeness (QED) is 0.888. The van der Waals surface area contributed by atoms with E-state index in [1.807, 2.05) is 6.92 Å². The lowest BCUT2D eigenvalue weighted by molar-refractivity contribution is 0.0995. The SMILES string of the molecule is Cc1cc(NC(=O)c2ccc(Br)o2)ncc1Br. The highest BCUT2D eigenvalue weighted by Crippen LogP contribution is 2.19. The lowest BCUT2D eigenvalue weighted by Crippen LogP contribution is -2.12. The van der Waals surface area contributed by atoms with E-state index in [0.717, 1.165) is 10.0 Å². The van der Waals surface area contributed by atoms with Crippen LogP contribution in [0.4, 0.5) is 5.82 Å². The number of nitrogens with zero attached hydrogens (tertiary/aromatic N) is 1. The molecular weight excluding hydrogens is 352 g/mol. The van der Waals surface area contributed by atoms with Crippen LogP contribution in [0.1, 0.15) is 16.1 Å². The van der Waals surface area contributed by atoms with Crippen molar-refractivity contribution in [1.29, 1.82) is 0 Å². The fourth-order valence-electron chi connectivity index (χ4n) is 1.22. The van der Waals surface area contributed by atoms with Gasteiger partial charge in [-0.05, 0) is 62.5 Å². The van der Waals surface area contributed by atoms with Crippen molar-refractivity contribution in [3.63, 3.8) is 0 Å². The molecule has 0 saturated carbocycles. The highest BCUT2D eigenvalue weighted by Gasteiger charge is 2.11. The van der Waals surface area contributed by atoms with E-state index in [-0.39, 0.29) is 11.7 Å². The van der Waals surface area contributed by atoms with Gasteiger partial charge in [0.05, 0.1) is 0 Å². The van der Waals surface area contributed by atoms with Gasteiger partial charge < -0.3 is 9.73 Å². The molecule has 1 amide bonds. The van der Waals surface area contributed by atoms with Gasteiger partial charge in [0, 0.05) is 10.7 Å². The molecule has 0 aliphatic carbocycles. The summed E-state index contributed by atoms with van der Waals surface area (Å²) < 4.78 is 6.55. The summed E-state index contributed by atoms with van der Waals surface area (Å²) >= 11 is 6.48. The van der Waals surface area contributed by atoms with Gasteiger partial charge in [0.15, 0.2) is 10.4 Å². The number of hydrogen-bond acceptors (Lipinski definition) is 3. The summed E-state index contributed by atoms with van der Waals surface area (Å²) in [5.74, 6) is 0.396. The first-order chi connectivity index (χ1) is 8.06. The molecule has 0 aliphatic rings. The van der Waals surface area contributed by atoms with E-state index >= 15 is 0 Å². The molecule has 0 aliphatic heterocycles. The number of hydrogen-bond donors (Lipinski definition) is 1. The van der Waals surface area contributed by atoms with Crippen molar-refractivity contribution in [1.82, 2.24) is 4.98 Å². The molecule has 2 aromatic rings. The Balaban J connectivity index is 2.15. The van der Waals surface area contributed by atoms with Crippen LogP contribution in [0.25, 0.3) is 0 Å². The summed E-state index contributed by atoms with van der Waals surface area (Å²) in [6, 6.07) is 5.03. The monoisotopic (exact) mass is 358 g/mol. The Hall–Kier alpha value is -1.14. The Kier molecular flexibility index (Phi) is 3.63. The van der Waals surface area contributed by atoms with Gasteiger partial charge in [0.2, 0.25) is 0 Å². The van der Waals surface area contributed by atoms with Gasteiger partial charge in [-0.1, -0.05) is 0 Å². The number of aromatic nitrogens is 1. The third-order valence-electron chi connectivity index (χ3n) is 2.09. The molecule has 2 heterocycles. The van der Waals surface area contributed by atoms with E-state index in [1.165, 1.54) is 0 Å². The Bertz CT molecular complexity index is 566. The zero-order valence-corrected chi connectivity index (χ0v) is 12.0. The van der Waals surface area contributed by atoms with Crippen LogP contribution in [0.2, 0.25) is 0 Å². The van der Waals surface area contributed by atoms with Gasteiger partial charge in [-0.25, -0.2) is 4.98 Å². The van der Waals surface area contributed by atoms with Gasteiger partial charge in [-0.3, -0.25) is 4.79 Å². The first-order valence-corrected chi connectivity index (χ1v) is 6.33. The van der Waals surface area contributed by atoms with E-state index in [1.54, 1.807) is 24.4 Å². The molecule has 4 nitrogen and oxygen atoms in total. The molecule has 0 fully saturated rings. The molecule has 0 bridgehead atoms. The minimum Gasteiger partial charge on any atom is -0.444 e. The molecule has 0 spiro atoms. The predicted molar refractivity (Wildman–Crippen MR) is 71.0 cm³/mol. The van der Waals surface area contributed by atoms with Crippen LogP contribution in [0, 0.1) is 6.92 Å². The first kappa shape index (κ1) is 12.3. The van der Waals surface area contributed by atoms with E-state index in [0.29, 0.717) is 10.5 Å². The second-order valence-corrected chi connectivity index (χ2v) is 5.01. The first-order valence-electron chi connectivity index (χ1n) is 4.75. The third-order valence-corrected chi connectivity index (χ3v) is 3.34. The molecule has 2 aromatic heterocycles. The van der Waals surface area contributed by atoms with Gasteiger partial charge >= 0.3 is 0 Å². The van der Waals surface area contributed by atoms with Gasteiger partial charge in [0.25, 0.3) is 5.91 Å². The van der Waals surface area contributed by atoms with Crippen molar-refractivity contribution < 1.29 is 9.21 Å². The Labute approximate surface area is 115 Å². The Morgan fingerprint density at radius 1 is 1.41 bits per heavy atom. The summed E-state index contributed by atoms with van der Waals surface area (Å²) in [7, 11) is 0. The van der Waals surface area contributed by atoms with Crippen molar-refractivity contribution in [2.75, 3.05) is 5.32 Å².